The van der Waals surface area contributed by atoms with E-state index in [1.54, 1.807) is 4.90 Å². The van der Waals surface area contributed by atoms with Gasteiger partial charge in [0.25, 0.3) is 5.91 Å². The molecule has 0 radical (unpaired) electrons. The zero-order chi connectivity index (χ0) is 26.9. The van der Waals surface area contributed by atoms with Crippen LogP contribution >= 0.6 is 0 Å². The number of ether oxygens (including phenoxy) is 1. The molecular weight excluding hydrogens is 468 g/mol. The second kappa shape index (κ2) is 11.1. The number of rotatable bonds is 7. The molecule has 0 bridgehead atoms. The fraction of sp³-hybridized carbons (Fsp3) is 0.690. The van der Waals surface area contributed by atoms with E-state index in [0.717, 1.165) is 38.4 Å². The van der Waals surface area contributed by atoms with E-state index in [9.17, 15) is 14.4 Å². The smallest absolute Gasteiger partial charge is 0.251 e. The van der Waals surface area contributed by atoms with E-state index in [2.05, 4.69) is 42.8 Å². The first-order valence-corrected chi connectivity index (χ1v) is 13.8. The minimum Gasteiger partial charge on any atom is -0.369 e. The molecule has 0 aliphatic carbocycles. The number of anilines is 1. The van der Waals surface area contributed by atoms with E-state index in [1.807, 2.05) is 38.1 Å². The topological polar surface area (TPSA) is 82.2 Å². The molecule has 3 aliphatic rings. The molecule has 3 aliphatic heterocycles. The van der Waals surface area contributed by atoms with Crippen molar-refractivity contribution in [2.45, 2.75) is 66.2 Å². The van der Waals surface area contributed by atoms with Gasteiger partial charge in [-0.05, 0) is 48.6 Å². The van der Waals surface area contributed by atoms with E-state index < -0.39 is 12.1 Å². The first kappa shape index (κ1) is 27.6. The third kappa shape index (κ3) is 6.01. The van der Waals surface area contributed by atoms with Crippen LogP contribution in [0.5, 0.6) is 0 Å². The fourth-order valence-electron chi connectivity index (χ4n) is 5.93. The van der Waals surface area contributed by atoms with Crippen molar-refractivity contribution in [3.63, 3.8) is 0 Å². The van der Waals surface area contributed by atoms with E-state index >= 15 is 0 Å². The molecule has 1 aromatic rings. The first-order valence-electron chi connectivity index (χ1n) is 13.8. The van der Waals surface area contributed by atoms with Gasteiger partial charge in [-0.3, -0.25) is 14.4 Å². The van der Waals surface area contributed by atoms with Crippen LogP contribution in [0.2, 0.25) is 0 Å². The van der Waals surface area contributed by atoms with Crippen LogP contribution in [-0.2, 0) is 14.3 Å². The minimum absolute atomic E-state index is 0.0462. The Morgan fingerprint density at radius 3 is 2.30 bits per heavy atom. The zero-order valence-electron chi connectivity index (χ0n) is 23.3. The van der Waals surface area contributed by atoms with Crippen molar-refractivity contribution in [3.05, 3.63) is 29.8 Å². The lowest BCUT2D eigenvalue weighted by molar-refractivity contribution is -0.138. The molecule has 4 rings (SSSR count). The third-order valence-corrected chi connectivity index (χ3v) is 8.20. The molecule has 0 saturated carbocycles. The molecule has 0 spiro atoms. The number of carbonyl (C=O) groups is 3. The van der Waals surface area contributed by atoms with Gasteiger partial charge >= 0.3 is 0 Å². The van der Waals surface area contributed by atoms with E-state index in [-0.39, 0.29) is 47.6 Å². The Balaban J connectivity index is 1.46. The van der Waals surface area contributed by atoms with Gasteiger partial charge in [-0.15, -0.1) is 0 Å². The van der Waals surface area contributed by atoms with Gasteiger partial charge in [0.1, 0.15) is 18.7 Å². The van der Waals surface area contributed by atoms with Gasteiger partial charge in [-0.2, -0.15) is 0 Å². The van der Waals surface area contributed by atoms with Crippen LogP contribution in [-0.4, -0.2) is 91.5 Å². The molecular formula is C29H44N4O4. The number of benzene rings is 1. The van der Waals surface area contributed by atoms with Crippen molar-refractivity contribution < 1.29 is 19.1 Å². The highest BCUT2D eigenvalue weighted by Crippen LogP contribution is 2.41. The van der Waals surface area contributed by atoms with Gasteiger partial charge in [0.15, 0.2) is 5.78 Å². The van der Waals surface area contributed by atoms with Gasteiger partial charge in [-0.25, -0.2) is 0 Å². The summed E-state index contributed by atoms with van der Waals surface area (Å²) in [6.45, 7) is 18.2. The first-order chi connectivity index (χ1) is 17.5. The van der Waals surface area contributed by atoms with E-state index in [1.165, 1.54) is 0 Å². The van der Waals surface area contributed by atoms with Crippen molar-refractivity contribution in [1.29, 1.82) is 0 Å². The maximum absolute atomic E-state index is 13.8. The summed E-state index contributed by atoms with van der Waals surface area (Å²) in [6.07, 6.45) is 0.228. The molecule has 3 saturated heterocycles. The number of ketones is 1. The molecule has 204 valence electrons. The van der Waals surface area contributed by atoms with Gasteiger partial charge < -0.3 is 24.8 Å². The molecule has 0 unspecified atom stereocenters. The molecule has 8 heteroatoms. The third-order valence-electron chi connectivity index (χ3n) is 8.20. The van der Waals surface area contributed by atoms with Crippen molar-refractivity contribution in [3.8, 4) is 0 Å². The maximum Gasteiger partial charge on any atom is 0.251 e. The number of piperazine rings is 1. The Labute approximate surface area is 221 Å². The Hall–Kier alpha value is -2.45. The number of hydrogen-bond acceptors (Lipinski definition) is 6. The van der Waals surface area contributed by atoms with Crippen molar-refractivity contribution in [2.24, 2.45) is 17.3 Å². The van der Waals surface area contributed by atoms with Crippen LogP contribution < -0.4 is 10.2 Å². The van der Waals surface area contributed by atoms with Crippen LogP contribution in [0.1, 0.15) is 58.3 Å². The van der Waals surface area contributed by atoms with Gasteiger partial charge in [0.2, 0.25) is 5.91 Å². The van der Waals surface area contributed by atoms with Crippen LogP contribution in [0.4, 0.5) is 5.69 Å². The number of likely N-dealkylation sites (N-methyl/N-ethyl adjacent to an activating group) is 1. The Kier molecular flexibility index (Phi) is 8.29. The second-order valence-corrected chi connectivity index (χ2v) is 12.3. The van der Waals surface area contributed by atoms with E-state index in [4.69, 9.17) is 4.74 Å². The number of carbonyl (C=O) groups excluding carboxylic acids is 3. The predicted molar refractivity (Wildman–Crippen MR) is 145 cm³/mol. The summed E-state index contributed by atoms with van der Waals surface area (Å²) in [7, 11) is 0. The Morgan fingerprint density at radius 2 is 1.73 bits per heavy atom. The van der Waals surface area contributed by atoms with Gasteiger partial charge in [0.05, 0.1) is 6.10 Å². The lowest BCUT2D eigenvalue weighted by Gasteiger charge is -2.35. The number of nitrogens with zero attached hydrogens (tertiary/aromatic N) is 3. The molecule has 8 nitrogen and oxygen atoms in total. The van der Waals surface area contributed by atoms with Crippen LogP contribution in [0.25, 0.3) is 0 Å². The highest BCUT2D eigenvalue weighted by Gasteiger charge is 2.55. The zero-order valence-corrected chi connectivity index (χ0v) is 23.3. The second-order valence-electron chi connectivity index (χ2n) is 12.3. The van der Waals surface area contributed by atoms with Crippen LogP contribution in [0.3, 0.4) is 0 Å². The summed E-state index contributed by atoms with van der Waals surface area (Å²) in [6, 6.07) is 6.40. The highest BCUT2D eigenvalue weighted by molar-refractivity contribution is 5.99. The molecule has 37 heavy (non-hydrogen) atoms. The number of nitrogens with one attached hydrogen (secondary N) is 1. The standard InChI is InChI=1S/C29H44N4O4/c1-7-31-12-14-32(15-13-31)21-10-8-20(9-11-21)27(35)30-23(16-19(2)3)28(36)33-17-22(29(4,5)6)26-25(33)24(34)18-37-26/h8-11,19,22-23,25-26H,7,12-18H2,1-6H3,(H,30,35)/t22-,23-,25+,26+/m0/s1. The molecule has 3 fully saturated rings. The quantitative estimate of drug-likeness (QED) is 0.605. The maximum atomic E-state index is 13.8. The number of amides is 2. The summed E-state index contributed by atoms with van der Waals surface area (Å²) >= 11 is 0. The van der Waals surface area contributed by atoms with E-state index in [0.29, 0.717) is 18.5 Å². The van der Waals surface area contributed by atoms with Crippen LogP contribution in [0.15, 0.2) is 24.3 Å². The SMILES string of the molecule is CCN1CCN(c2ccc(C(=O)N[C@@H](CC(C)C)C(=O)N3C[C@H](C(C)(C)C)[C@H]4OCC(=O)[C@H]43)cc2)CC1. The largest absolute Gasteiger partial charge is 0.369 e. The molecule has 3 heterocycles. The lowest BCUT2D eigenvalue weighted by Crippen LogP contribution is -2.52. The fourth-order valence-corrected chi connectivity index (χ4v) is 5.93. The number of fused-ring (bicyclic) bond motifs is 1. The molecule has 1 aromatic carbocycles. The summed E-state index contributed by atoms with van der Waals surface area (Å²) in [5, 5.41) is 3.00. The van der Waals surface area contributed by atoms with Crippen molar-refractivity contribution in [2.75, 3.05) is 50.8 Å². The van der Waals surface area contributed by atoms with Crippen molar-refractivity contribution in [1.82, 2.24) is 15.1 Å². The normalized spacial score (nSPS) is 25.5. The number of hydrogen-bond donors (Lipinski definition) is 1. The lowest BCUT2D eigenvalue weighted by atomic mass is 9.78. The van der Waals surface area contributed by atoms with Crippen molar-refractivity contribution >= 4 is 23.3 Å². The Bertz CT molecular complexity index is 979. The molecule has 4 atom stereocenters. The number of likely N-dealkylation sites (tertiary alicyclic amines) is 1. The van der Waals surface area contributed by atoms with Gasteiger partial charge in [-0.1, -0.05) is 41.5 Å². The number of Topliss-reactive ketones (excluding diaryl/α,β-unsaturated/α-hetero) is 1. The minimum atomic E-state index is -0.693. The highest BCUT2D eigenvalue weighted by atomic mass is 16.5. The molecule has 0 aromatic heterocycles. The van der Waals surface area contributed by atoms with Gasteiger partial charge in [0, 0.05) is 49.9 Å². The predicted octanol–water partition coefficient (Wildman–Crippen LogP) is 2.81. The monoisotopic (exact) mass is 512 g/mol. The average Bonchev–Trinajstić information content (AvgIpc) is 3.43. The molecule has 2 amide bonds. The summed E-state index contributed by atoms with van der Waals surface area (Å²) in [5.74, 6) is -0.234. The average molecular weight is 513 g/mol. The molecule has 1 N–H and O–H groups in total. The summed E-state index contributed by atoms with van der Waals surface area (Å²) in [5.41, 5.74) is 1.53. The summed E-state index contributed by atoms with van der Waals surface area (Å²) < 4.78 is 5.86. The summed E-state index contributed by atoms with van der Waals surface area (Å²) in [4.78, 5) is 46.2. The Morgan fingerprint density at radius 1 is 1.08 bits per heavy atom. The van der Waals surface area contributed by atoms with Crippen LogP contribution in [0, 0.1) is 17.3 Å².